The lowest BCUT2D eigenvalue weighted by molar-refractivity contribution is -0.166. The lowest BCUT2D eigenvalue weighted by Gasteiger charge is -2.18. The second kappa shape index (κ2) is 64.3. The Morgan fingerprint density at radius 2 is 0.545 bits per heavy atom. The van der Waals surface area contributed by atoms with E-state index in [9.17, 15) is 14.4 Å². The topological polar surface area (TPSA) is 78.9 Å². The molecule has 0 aromatic carbocycles. The average Bonchev–Trinajstić information content (AvgIpc) is 3.43. The summed E-state index contributed by atoms with van der Waals surface area (Å²) in [6, 6.07) is 0. The second-order valence-corrected chi connectivity index (χ2v) is 20.9. The predicted molar refractivity (Wildman–Crippen MR) is 334 cm³/mol. The molecule has 0 bridgehead atoms. The molecule has 0 amide bonds. The van der Waals surface area contributed by atoms with Crippen molar-refractivity contribution >= 4 is 17.9 Å². The van der Waals surface area contributed by atoms with Gasteiger partial charge in [0.1, 0.15) is 13.2 Å². The summed E-state index contributed by atoms with van der Waals surface area (Å²) in [7, 11) is 0. The summed E-state index contributed by atoms with van der Waals surface area (Å²) in [4.78, 5) is 38.1. The van der Waals surface area contributed by atoms with Crippen LogP contribution in [0.1, 0.15) is 290 Å². The number of esters is 3. The van der Waals surface area contributed by atoms with Gasteiger partial charge in [-0.25, -0.2) is 0 Å². The molecule has 0 rings (SSSR count). The second-order valence-electron chi connectivity index (χ2n) is 20.9. The number of hydrogen-bond donors (Lipinski definition) is 0. The molecular formula is C71H118O6. The third-order valence-electron chi connectivity index (χ3n) is 13.5. The van der Waals surface area contributed by atoms with Gasteiger partial charge >= 0.3 is 17.9 Å². The molecule has 1 unspecified atom stereocenters. The highest BCUT2D eigenvalue weighted by Crippen LogP contribution is 2.16. The lowest BCUT2D eigenvalue weighted by Crippen LogP contribution is -2.30. The molecule has 0 saturated heterocycles. The van der Waals surface area contributed by atoms with Crippen molar-refractivity contribution in [2.45, 2.75) is 297 Å². The first kappa shape index (κ1) is 72.8. The minimum atomic E-state index is -0.847. The molecule has 0 aromatic heterocycles. The van der Waals surface area contributed by atoms with Gasteiger partial charge in [-0.1, -0.05) is 284 Å². The summed E-state index contributed by atoms with van der Waals surface area (Å²) >= 11 is 0. The van der Waals surface area contributed by atoms with Crippen molar-refractivity contribution in [2.24, 2.45) is 0 Å². The molecule has 6 nitrogen and oxygen atoms in total. The predicted octanol–water partition coefficient (Wildman–Crippen LogP) is 22.0. The Morgan fingerprint density at radius 1 is 0.286 bits per heavy atom. The molecule has 1 atom stereocenters. The number of hydrogen-bond acceptors (Lipinski definition) is 6. The Bertz CT molecular complexity index is 1600. The summed E-state index contributed by atoms with van der Waals surface area (Å²) in [5, 5.41) is 0. The normalized spacial score (nSPS) is 12.9. The molecule has 0 radical (unpaired) electrons. The van der Waals surface area contributed by atoms with Gasteiger partial charge in [0.2, 0.25) is 0 Å². The van der Waals surface area contributed by atoms with Crippen molar-refractivity contribution in [1.82, 2.24) is 0 Å². The van der Waals surface area contributed by atoms with Crippen LogP contribution in [0.4, 0.5) is 0 Å². The highest BCUT2D eigenvalue weighted by atomic mass is 16.6. The summed E-state index contributed by atoms with van der Waals surface area (Å²) < 4.78 is 16.7. The van der Waals surface area contributed by atoms with Crippen LogP contribution in [0.3, 0.4) is 0 Å². The van der Waals surface area contributed by atoms with E-state index in [2.05, 4.69) is 130 Å². The molecule has 438 valence electrons. The van der Waals surface area contributed by atoms with Crippen LogP contribution in [0.25, 0.3) is 0 Å². The smallest absolute Gasteiger partial charge is 0.310 e. The van der Waals surface area contributed by atoms with Gasteiger partial charge in [0, 0.05) is 12.8 Å². The Balaban J connectivity index is 4.25. The lowest BCUT2D eigenvalue weighted by atomic mass is 10.0. The first-order valence-electron chi connectivity index (χ1n) is 32.0. The van der Waals surface area contributed by atoms with Crippen molar-refractivity contribution in [3.05, 3.63) is 122 Å². The van der Waals surface area contributed by atoms with Crippen LogP contribution < -0.4 is 0 Å². The molecule has 0 aliphatic carbocycles. The summed E-state index contributed by atoms with van der Waals surface area (Å²) in [6.07, 6.45) is 89.7. The van der Waals surface area contributed by atoms with Crippen LogP contribution >= 0.6 is 0 Å². The van der Waals surface area contributed by atoms with E-state index in [1.165, 1.54) is 148 Å². The number of carbonyl (C=O) groups excluding carboxylic acids is 3. The van der Waals surface area contributed by atoms with Gasteiger partial charge in [-0.15, -0.1) is 0 Å². The van der Waals surface area contributed by atoms with E-state index >= 15 is 0 Å². The van der Waals surface area contributed by atoms with E-state index in [0.29, 0.717) is 19.3 Å². The van der Waals surface area contributed by atoms with Gasteiger partial charge in [0.15, 0.2) is 6.10 Å². The van der Waals surface area contributed by atoms with Gasteiger partial charge in [0.05, 0.1) is 6.42 Å². The Labute approximate surface area is 475 Å². The maximum absolute atomic E-state index is 12.8. The van der Waals surface area contributed by atoms with Crippen molar-refractivity contribution in [3.8, 4) is 0 Å². The zero-order chi connectivity index (χ0) is 55.7. The van der Waals surface area contributed by atoms with Crippen molar-refractivity contribution in [1.29, 1.82) is 0 Å². The Hall–Kier alpha value is -4.19. The molecule has 0 saturated carbocycles. The Kier molecular flexibility index (Phi) is 60.8. The number of allylic oxidation sites excluding steroid dienone is 19. The summed E-state index contributed by atoms with van der Waals surface area (Å²) in [5.41, 5.74) is 0. The molecular weight excluding hydrogens is 949 g/mol. The van der Waals surface area contributed by atoms with E-state index in [-0.39, 0.29) is 31.6 Å². The minimum Gasteiger partial charge on any atom is -0.462 e. The summed E-state index contributed by atoms with van der Waals surface area (Å²) in [5.74, 6) is -1.09. The monoisotopic (exact) mass is 1070 g/mol. The van der Waals surface area contributed by atoms with Gasteiger partial charge in [-0.3, -0.25) is 14.4 Å². The minimum absolute atomic E-state index is 0.0878. The van der Waals surface area contributed by atoms with Crippen LogP contribution in [0.2, 0.25) is 0 Å². The fourth-order valence-electron chi connectivity index (χ4n) is 8.74. The summed E-state index contributed by atoms with van der Waals surface area (Å²) in [6.45, 7) is 6.30. The van der Waals surface area contributed by atoms with Gasteiger partial charge in [0.25, 0.3) is 0 Å². The number of unbranched alkanes of at least 4 members (excludes halogenated alkanes) is 27. The molecule has 0 aromatic rings. The standard InChI is InChI=1S/C71H118O6/c1-4-7-10-13-16-19-22-25-27-28-29-30-31-32-33-34-35-36-37-38-39-40-41-42-44-46-49-52-55-58-61-64-70(73)76-67-68(66-75-69(72)63-60-57-54-51-48-45-24-21-18-15-12-9-6-3)77-71(74)65-62-59-56-53-50-47-43-26-23-20-17-14-11-8-5-2/h8-9,11-12,17-18,20-22,25-26,28-29,43,45,48,50,53,59,62,68H,4-7,10,13-16,19,23-24,27,30-42,44,46-47,49,51-52,54-58,60-61,63-67H2,1-3H3/b11-8-,12-9-,20-17-,21-18-,25-22-,29-28-,43-26-,48-45-,53-50-,62-59-. The number of carbonyl (C=O) groups is 3. The maximum atomic E-state index is 12.8. The molecule has 0 fully saturated rings. The molecule has 0 aliphatic heterocycles. The zero-order valence-electron chi connectivity index (χ0n) is 50.2. The first-order valence-corrected chi connectivity index (χ1v) is 32.0. The van der Waals surface area contributed by atoms with Gasteiger partial charge in [-0.05, 0) is 109 Å². The third kappa shape index (κ3) is 62.5. The molecule has 6 heteroatoms. The van der Waals surface area contributed by atoms with Crippen molar-refractivity contribution in [3.63, 3.8) is 0 Å². The van der Waals surface area contributed by atoms with E-state index in [1.807, 2.05) is 6.08 Å². The van der Waals surface area contributed by atoms with E-state index in [0.717, 1.165) is 96.3 Å². The van der Waals surface area contributed by atoms with Gasteiger partial charge in [-0.2, -0.15) is 0 Å². The average molecular weight is 1070 g/mol. The highest BCUT2D eigenvalue weighted by molar-refractivity contribution is 5.72. The molecule has 0 N–H and O–H groups in total. The van der Waals surface area contributed by atoms with Crippen LogP contribution in [0.5, 0.6) is 0 Å². The quantitative estimate of drug-likeness (QED) is 0.0261. The zero-order valence-corrected chi connectivity index (χ0v) is 50.2. The van der Waals surface area contributed by atoms with Crippen LogP contribution in [0, 0.1) is 0 Å². The fourth-order valence-corrected chi connectivity index (χ4v) is 8.74. The van der Waals surface area contributed by atoms with E-state index in [1.54, 1.807) is 6.08 Å². The molecule has 0 spiro atoms. The fraction of sp³-hybridized carbons (Fsp3) is 0.676. The molecule has 77 heavy (non-hydrogen) atoms. The first-order chi connectivity index (χ1) is 38.0. The molecule has 0 heterocycles. The Morgan fingerprint density at radius 3 is 0.870 bits per heavy atom. The SMILES string of the molecule is CC/C=C\C/C=C\C/C=C\C/C=C\C/C=C\CC(=O)OC(COC(=O)CCCCC/C=C\C/C=C\C/C=C\CC)COC(=O)CCCCCCCCCCCCCCCCCCCCC/C=C\C/C=C\CCCCCCC. The van der Waals surface area contributed by atoms with Gasteiger partial charge < -0.3 is 14.2 Å². The van der Waals surface area contributed by atoms with E-state index in [4.69, 9.17) is 14.2 Å². The van der Waals surface area contributed by atoms with Crippen LogP contribution in [-0.2, 0) is 28.6 Å². The molecule has 0 aliphatic rings. The van der Waals surface area contributed by atoms with Crippen LogP contribution in [0.15, 0.2) is 122 Å². The van der Waals surface area contributed by atoms with Crippen molar-refractivity contribution < 1.29 is 28.6 Å². The largest absolute Gasteiger partial charge is 0.462 e. The highest BCUT2D eigenvalue weighted by Gasteiger charge is 2.19. The van der Waals surface area contributed by atoms with E-state index < -0.39 is 12.1 Å². The van der Waals surface area contributed by atoms with Crippen molar-refractivity contribution in [2.75, 3.05) is 13.2 Å². The number of ether oxygens (including phenoxy) is 3. The third-order valence-corrected chi connectivity index (χ3v) is 13.5. The van der Waals surface area contributed by atoms with Crippen LogP contribution in [-0.4, -0.2) is 37.2 Å². The number of rotatable bonds is 57. The maximum Gasteiger partial charge on any atom is 0.310 e.